The molecule has 1 fully saturated rings. The van der Waals surface area contributed by atoms with Crippen LogP contribution in [0, 0.1) is 5.92 Å². The van der Waals surface area contributed by atoms with Crippen molar-refractivity contribution in [1.82, 2.24) is 9.97 Å². The summed E-state index contributed by atoms with van der Waals surface area (Å²) in [4.78, 5) is 22.5. The van der Waals surface area contributed by atoms with Crippen molar-refractivity contribution in [1.29, 1.82) is 0 Å². The van der Waals surface area contributed by atoms with Gasteiger partial charge in [-0.3, -0.25) is 4.79 Å². The Bertz CT molecular complexity index is 471. The number of carbonyl (C=O) groups is 1. The molecule has 116 valence electrons. The summed E-state index contributed by atoms with van der Waals surface area (Å²) >= 11 is 0. The van der Waals surface area contributed by atoms with Crippen molar-refractivity contribution in [2.75, 3.05) is 24.6 Å². The molecule has 6 nitrogen and oxygen atoms in total. The number of rotatable bonds is 5. The molecule has 0 aromatic carbocycles. The van der Waals surface area contributed by atoms with Gasteiger partial charge in [0, 0.05) is 25.4 Å². The molecule has 0 radical (unpaired) electrons. The van der Waals surface area contributed by atoms with E-state index in [1.165, 1.54) is 0 Å². The van der Waals surface area contributed by atoms with Gasteiger partial charge < -0.3 is 14.4 Å². The predicted octanol–water partition coefficient (Wildman–Crippen LogP) is 2.04. The Morgan fingerprint density at radius 2 is 2.14 bits per heavy atom. The number of anilines is 1. The highest BCUT2D eigenvalue weighted by Crippen LogP contribution is 2.23. The van der Waals surface area contributed by atoms with Crippen molar-refractivity contribution in [2.24, 2.45) is 5.92 Å². The summed E-state index contributed by atoms with van der Waals surface area (Å²) < 4.78 is 10.7. The molecule has 0 amide bonds. The summed E-state index contributed by atoms with van der Waals surface area (Å²) in [5.74, 6) is 1.16. The highest BCUT2D eigenvalue weighted by atomic mass is 16.5. The maximum Gasteiger partial charge on any atom is 0.309 e. The van der Waals surface area contributed by atoms with E-state index in [1.807, 2.05) is 20.8 Å². The molecule has 0 unspecified atom stereocenters. The van der Waals surface area contributed by atoms with Crippen molar-refractivity contribution in [2.45, 2.75) is 39.7 Å². The van der Waals surface area contributed by atoms with Gasteiger partial charge >= 0.3 is 5.97 Å². The lowest BCUT2D eigenvalue weighted by Crippen LogP contribution is -2.37. The Balaban J connectivity index is 1.94. The standard InChI is InChI=1S/C15H23N3O3/c1-4-20-14(19)12-6-9-18(10-7-12)15-16-8-5-13(17-15)21-11(2)3/h5,8,11-12H,4,6-7,9-10H2,1-3H3. The lowest BCUT2D eigenvalue weighted by Gasteiger charge is -2.30. The van der Waals surface area contributed by atoms with Gasteiger partial charge in [0.25, 0.3) is 0 Å². The van der Waals surface area contributed by atoms with Crippen LogP contribution in [0.15, 0.2) is 12.3 Å². The summed E-state index contributed by atoms with van der Waals surface area (Å²) in [5, 5.41) is 0. The second kappa shape index (κ2) is 7.24. The molecule has 2 rings (SSSR count). The average molecular weight is 293 g/mol. The minimum Gasteiger partial charge on any atom is -0.475 e. The molecule has 1 aliphatic rings. The zero-order chi connectivity index (χ0) is 15.2. The Morgan fingerprint density at radius 3 is 2.76 bits per heavy atom. The number of nitrogens with zero attached hydrogens (tertiary/aromatic N) is 3. The molecule has 1 aromatic rings. The van der Waals surface area contributed by atoms with Crippen LogP contribution in [0.3, 0.4) is 0 Å². The molecule has 0 saturated carbocycles. The van der Waals surface area contributed by atoms with Crippen LogP contribution in [0.4, 0.5) is 5.95 Å². The van der Waals surface area contributed by atoms with Crippen LogP contribution >= 0.6 is 0 Å². The van der Waals surface area contributed by atoms with E-state index >= 15 is 0 Å². The van der Waals surface area contributed by atoms with Crippen LogP contribution in [0.5, 0.6) is 5.88 Å². The minimum absolute atomic E-state index is 0.00343. The summed E-state index contributed by atoms with van der Waals surface area (Å²) in [6.45, 7) is 7.72. The first kappa shape index (κ1) is 15.5. The Labute approximate surface area is 125 Å². The SMILES string of the molecule is CCOC(=O)C1CCN(c2nccc(OC(C)C)n2)CC1. The quantitative estimate of drug-likeness (QED) is 0.774. The lowest BCUT2D eigenvalue weighted by atomic mass is 9.97. The van der Waals surface area contributed by atoms with Crippen LogP contribution in [0.2, 0.25) is 0 Å². The highest BCUT2D eigenvalue weighted by molar-refractivity contribution is 5.72. The van der Waals surface area contributed by atoms with Gasteiger partial charge in [0.1, 0.15) is 0 Å². The van der Waals surface area contributed by atoms with Gasteiger partial charge in [-0.1, -0.05) is 0 Å². The second-order valence-corrected chi connectivity index (χ2v) is 5.37. The average Bonchev–Trinajstić information content (AvgIpc) is 2.47. The minimum atomic E-state index is -0.0880. The number of aromatic nitrogens is 2. The zero-order valence-electron chi connectivity index (χ0n) is 12.9. The maximum absolute atomic E-state index is 11.7. The predicted molar refractivity (Wildman–Crippen MR) is 79.4 cm³/mol. The van der Waals surface area contributed by atoms with E-state index in [2.05, 4.69) is 14.9 Å². The number of ether oxygens (including phenoxy) is 2. The van der Waals surface area contributed by atoms with Crippen molar-refractivity contribution < 1.29 is 14.3 Å². The summed E-state index contributed by atoms with van der Waals surface area (Å²) in [6, 6.07) is 1.76. The van der Waals surface area contributed by atoms with E-state index in [1.54, 1.807) is 12.3 Å². The Kier molecular flexibility index (Phi) is 5.36. The number of piperidine rings is 1. The number of hydrogen-bond donors (Lipinski definition) is 0. The normalized spacial score (nSPS) is 16.1. The summed E-state index contributed by atoms with van der Waals surface area (Å²) in [7, 11) is 0. The van der Waals surface area contributed by atoms with E-state index in [0.29, 0.717) is 18.4 Å². The molecular formula is C15H23N3O3. The first-order valence-electron chi connectivity index (χ1n) is 7.51. The van der Waals surface area contributed by atoms with Gasteiger partial charge in [-0.05, 0) is 33.6 Å². The van der Waals surface area contributed by atoms with Gasteiger partial charge in [0.2, 0.25) is 11.8 Å². The van der Waals surface area contributed by atoms with Crippen molar-refractivity contribution in [3.05, 3.63) is 12.3 Å². The second-order valence-electron chi connectivity index (χ2n) is 5.37. The number of carbonyl (C=O) groups excluding carboxylic acids is 1. The fourth-order valence-corrected chi connectivity index (χ4v) is 2.37. The van der Waals surface area contributed by atoms with Crippen molar-refractivity contribution in [3.8, 4) is 5.88 Å². The molecule has 0 N–H and O–H groups in total. The van der Waals surface area contributed by atoms with E-state index < -0.39 is 0 Å². The molecular weight excluding hydrogens is 270 g/mol. The Morgan fingerprint density at radius 1 is 1.43 bits per heavy atom. The van der Waals surface area contributed by atoms with Gasteiger partial charge in [-0.25, -0.2) is 4.98 Å². The van der Waals surface area contributed by atoms with Crippen LogP contribution < -0.4 is 9.64 Å². The van der Waals surface area contributed by atoms with E-state index in [-0.39, 0.29) is 18.0 Å². The Hall–Kier alpha value is -1.85. The van der Waals surface area contributed by atoms with Crippen LogP contribution in [0.25, 0.3) is 0 Å². The summed E-state index contributed by atoms with van der Waals surface area (Å²) in [6.07, 6.45) is 3.34. The smallest absolute Gasteiger partial charge is 0.309 e. The third kappa shape index (κ3) is 4.31. The zero-order valence-corrected chi connectivity index (χ0v) is 12.9. The molecule has 0 bridgehead atoms. The maximum atomic E-state index is 11.7. The number of hydrogen-bond acceptors (Lipinski definition) is 6. The fraction of sp³-hybridized carbons (Fsp3) is 0.667. The molecule has 1 aromatic heterocycles. The summed E-state index contributed by atoms with van der Waals surface area (Å²) in [5.41, 5.74) is 0. The molecule has 0 aliphatic carbocycles. The van der Waals surface area contributed by atoms with E-state index in [0.717, 1.165) is 25.9 Å². The van der Waals surface area contributed by atoms with Crippen LogP contribution in [-0.2, 0) is 9.53 Å². The third-order valence-corrected chi connectivity index (χ3v) is 3.37. The first-order chi connectivity index (χ1) is 10.1. The third-order valence-electron chi connectivity index (χ3n) is 3.37. The highest BCUT2D eigenvalue weighted by Gasteiger charge is 2.27. The van der Waals surface area contributed by atoms with Crippen LogP contribution in [-0.4, -0.2) is 41.7 Å². The van der Waals surface area contributed by atoms with Crippen molar-refractivity contribution >= 4 is 11.9 Å². The van der Waals surface area contributed by atoms with Crippen molar-refractivity contribution in [3.63, 3.8) is 0 Å². The topological polar surface area (TPSA) is 64.5 Å². The van der Waals surface area contributed by atoms with Gasteiger partial charge in [-0.15, -0.1) is 0 Å². The molecule has 6 heteroatoms. The van der Waals surface area contributed by atoms with E-state index in [9.17, 15) is 4.79 Å². The molecule has 1 saturated heterocycles. The molecule has 0 atom stereocenters. The van der Waals surface area contributed by atoms with Gasteiger partial charge in [-0.2, -0.15) is 4.98 Å². The van der Waals surface area contributed by atoms with Gasteiger partial charge in [0.15, 0.2) is 0 Å². The fourth-order valence-electron chi connectivity index (χ4n) is 2.37. The van der Waals surface area contributed by atoms with Crippen LogP contribution in [0.1, 0.15) is 33.6 Å². The molecule has 2 heterocycles. The molecule has 21 heavy (non-hydrogen) atoms. The molecule has 1 aliphatic heterocycles. The molecule has 0 spiro atoms. The largest absolute Gasteiger partial charge is 0.475 e. The number of esters is 1. The van der Waals surface area contributed by atoms with E-state index in [4.69, 9.17) is 9.47 Å². The monoisotopic (exact) mass is 293 g/mol. The van der Waals surface area contributed by atoms with Gasteiger partial charge in [0.05, 0.1) is 18.6 Å². The lowest BCUT2D eigenvalue weighted by molar-refractivity contribution is -0.148. The first-order valence-corrected chi connectivity index (χ1v) is 7.51.